The summed E-state index contributed by atoms with van der Waals surface area (Å²) in [5.41, 5.74) is 1.75. The van der Waals surface area contributed by atoms with Crippen LogP contribution in [0.3, 0.4) is 0 Å². The van der Waals surface area contributed by atoms with Crippen molar-refractivity contribution in [2.75, 3.05) is 6.54 Å². The molecule has 6 nitrogen and oxygen atoms in total. The van der Waals surface area contributed by atoms with Crippen molar-refractivity contribution >= 4 is 56.5 Å². The van der Waals surface area contributed by atoms with Crippen molar-refractivity contribution in [2.45, 2.75) is 26.6 Å². The molecule has 0 aromatic heterocycles. The summed E-state index contributed by atoms with van der Waals surface area (Å²) in [6, 6.07) is 25.9. The number of fused-ring (bicyclic) bond motifs is 2. The zero-order valence-electron chi connectivity index (χ0n) is 20.5. The number of thioether (sulfide) groups is 1. The van der Waals surface area contributed by atoms with E-state index in [1.165, 1.54) is 0 Å². The first kappa shape index (κ1) is 24.6. The van der Waals surface area contributed by atoms with E-state index in [1.54, 1.807) is 19.9 Å². The van der Waals surface area contributed by atoms with Crippen LogP contribution in [0.25, 0.3) is 27.6 Å². The Hall–Kier alpha value is -4.10. The quantitative estimate of drug-likeness (QED) is 0.207. The number of hydrogen-bond acceptors (Lipinski definition) is 6. The summed E-state index contributed by atoms with van der Waals surface area (Å²) in [5, 5.41) is 3.61. The van der Waals surface area contributed by atoms with Crippen molar-refractivity contribution < 1.29 is 23.9 Å². The van der Waals surface area contributed by atoms with Gasteiger partial charge in [-0.05, 0) is 64.9 Å². The first-order valence-corrected chi connectivity index (χ1v) is 12.8. The average molecular weight is 512 g/mol. The third kappa shape index (κ3) is 5.22. The van der Waals surface area contributed by atoms with Gasteiger partial charge in [-0.1, -0.05) is 72.8 Å². The van der Waals surface area contributed by atoms with E-state index >= 15 is 0 Å². The fourth-order valence-electron chi connectivity index (χ4n) is 4.32. The van der Waals surface area contributed by atoms with Gasteiger partial charge >= 0.3 is 5.97 Å². The minimum absolute atomic E-state index is 0.230. The molecular weight excluding hydrogens is 486 g/mol. The Morgan fingerprint density at radius 1 is 0.892 bits per heavy atom. The number of carbonyl (C=O) groups excluding carboxylic acids is 3. The highest BCUT2D eigenvalue weighted by Crippen LogP contribution is 2.37. The normalized spacial score (nSPS) is 14.8. The molecule has 37 heavy (non-hydrogen) atoms. The Balaban J connectivity index is 1.48. The monoisotopic (exact) mass is 511 g/mol. The number of ether oxygens (including phenoxy) is 2. The summed E-state index contributed by atoms with van der Waals surface area (Å²) >= 11 is 0.806. The number of nitrogens with zero attached hydrogens (tertiary/aromatic N) is 1. The van der Waals surface area contributed by atoms with E-state index in [2.05, 4.69) is 18.2 Å². The third-order valence-corrected chi connectivity index (χ3v) is 6.90. The maximum atomic E-state index is 13.1. The Bertz CT molecular complexity index is 1550. The largest absolute Gasteiger partial charge is 0.488 e. The lowest BCUT2D eigenvalue weighted by molar-refractivity contribution is -0.149. The molecule has 0 aliphatic carbocycles. The van der Waals surface area contributed by atoms with Gasteiger partial charge in [0.25, 0.3) is 11.1 Å². The van der Waals surface area contributed by atoms with Crippen LogP contribution in [0.4, 0.5) is 4.79 Å². The highest BCUT2D eigenvalue weighted by molar-refractivity contribution is 8.18. The molecule has 1 aliphatic heterocycles. The summed E-state index contributed by atoms with van der Waals surface area (Å²) in [5.74, 6) is -0.552. The standard InChI is InChI=1S/C30H25NO5S/c1-19(2)36-28(32)17-31-29(33)27(37-30(31)34)16-25-24-13-6-4-9-21(24)14-15-26(25)35-18-22-11-7-10-20-8-3-5-12-23(20)22/h3-16,19H,17-18H2,1-2H3/b27-16-. The molecule has 7 heteroatoms. The van der Waals surface area contributed by atoms with Gasteiger partial charge in [0.15, 0.2) is 0 Å². The second-order valence-corrected chi connectivity index (χ2v) is 9.93. The molecule has 0 spiro atoms. The van der Waals surface area contributed by atoms with E-state index in [1.807, 2.05) is 60.7 Å². The number of hydrogen-bond donors (Lipinski definition) is 0. The number of amides is 2. The van der Waals surface area contributed by atoms with Gasteiger partial charge in [-0.2, -0.15) is 0 Å². The fraction of sp³-hybridized carbons (Fsp3) is 0.167. The topological polar surface area (TPSA) is 72.9 Å². The molecular formula is C30H25NO5S. The van der Waals surface area contributed by atoms with Crippen LogP contribution in [-0.2, 0) is 20.9 Å². The van der Waals surface area contributed by atoms with E-state index < -0.39 is 23.7 Å². The smallest absolute Gasteiger partial charge is 0.326 e. The predicted octanol–water partition coefficient (Wildman–Crippen LogP) is 6.56. The number of rotatable bonds is 7. The molecule has 0 atom stereocenters. The molecule has 0 saturated carbocycles. The third-order valence-electron chi connectivity index (χ3n) is 6.00. The van der Waals surface area contributed by atoms with Crippen LogP contribution in [0.5, 0.6) is 5.75 Å². The Morgan fingerprint density at radius 3 is 2.32 bits per heavy atom. The lowest BCUT2D eigenvalue weighted by atomic mass is 10.0. The van der Waals surface area contributed by atoms with E-state index in [0.717, 1.165) is 43.8 Å². The fourth-order valence-corrected chi connectivity index (χ4v) is 5.14. The van der Waals surface area contributed by atoms with Gasteiger partial charge in [0.1, 0.15) is 18.9 Å². The number of imide groups is 1. The summed E-state index contributed by atoms with van der Waals surface area (Å²) in [7, 11) is 0. The van der Waals surface area contributed by atoms with Crippen LogP contribution in [0.1, 0.15) is 25.0 Å². The molecule has 1 heterocycles. The SMILES string of the molecule is CC(C)OC(=O)CN1C(=O)S/C(=C\c2c(OCc3cccc4ccccc34)ccc3ccccc23)C1=O. The van der Waals surface area contributed by atoms with Crippen LogP contribution in [0, 0.1) is 0 Å². The first-order valence-electron chi connectivity index (χ1n) is 12.0. The van der Waals surface area contributed by atoms with Crippen molar-refractivity contribution in [3.63, 3.8) is 0 Å². The van der Waals surface area contributed by atoms with Crippen LogP contribution in [0.2, 0.25) is 0 Å². The van der Waals surface area contributed by atoms with Crippen molar-refractivity contribution in [1.82, 2.24) is 4.90 Å². The molecule has 186 valence electrons. The van der Waals surface area contributed by atoms with Crippen molar-refractivity contribution in [1.29, 1.82) is 0 Å². The molecule has 1 saturated heterocycles. The molecule has 0 bridgehead atoms. The summed E-state index contributed by atoms with van der Waals surface area (Å²) in [4.78, 5) is 38.9. The molecule has 0 radical (unpaired) electrons. The second kappa shape index (κ2) is 10.5. The van der Waals surface area contributed by atoms with Crippen LogP contribution in [-0.4, -0.2) is 34.7 Å². The van der Waals surface area contributed by atoms with Gasteiger partial charge in [0, 0.05) is 5.56 Å². The highest BCUT2D eigenvalue weighted by Gasteiger charge is 2.37. The molecule has 1 fully saturated rings. The van der Waals surface area contributed by atoms with Crippen molar-refractivity contribution in [3.05, 3.63) is 94.9 Å². The second-order valence-electron chi connectivity index (χ2n) is 8.93. The number of carbonyl (C=O) groups is 3. The van der Waals surface area contributed by atoms with Gasteiger partial charge in [-0.25, -0.2) is 0 Å². The zero-order valence-corrected chi connectivity index (χ0v) is 21.3. The van der Waals surface area contributed by atoms with E-state index in [0.29, 0.717) is 17.9 Å². The molecule has 5 rings (SSSR count). The summed E-state index contributed by atoms with van der Waals surface area (Å²) < 4.78 is 11.4. The van der Waals surface area contributed by atoms with Crippen LogP contribution < -0.4 is 4.74 Å². The Kier molecular flexibility index (Phi) is 6.97. The first-order chi connectivity index (χ1) is 17.9. The summed E-state index contributed by atoms with van der Waals surface area (Å²) in [6.45, 7) is 3.35. The van der Waals surface area contributed by atoms with Gasteiger partial charge in [-0.3, -0.25) is 19.3 Å². The Labute approximate surface area is 218 Å². The maximum Gasteiger partial charge on any atom is 0.326 e. The summed E-state index contributed by atoms with van der Waals surface area (Å²) in [6.07, 6.45) is 1.35. The minimum atomic E-state index is -0.622. The van der Waals surface area contributed by atoms with Crippen molar-refractivity contribution in [3.8, 4) is 5.75 Å². The van der Waals surface area contributed by atoms with Gasteiger partial charge < -0.3 is 9.47 Å². The van der Waals surface area contributed by atoms with E-state index in [-0.39, 0.29) is 11.0 Å². The molecule has 2 amide bonds. The Morgan fingerprint density at radius 2 is 1.57 bits per heavy atom. The lowest BCUT2D eigenvalue weighted by Crippen LogP contribution is -2.35. The van der Waals surface area contributed by atoms with E-state index in [9.17, 15) is 14.4 Å². The van der Waals surface area contributed by atoms with Gasteiger partial charge in [0.2, 0.25) is 0 Å². The van der Waals surface area contributed by atoms with Crippen molar-refractivity contribution in [2.24, 2.45) is 0 Å². The number of benzene rings is 4. The predicted molar refractivity (Wildman–Crippen MR) is 146 cm³/mol. The molecule has 0 N–H and O–H groups in total. The maximum absolute atomic E-state index is 13.1. The molecule has 1 aliphatic rings. The molecule has 4 aromatic carbocycles. The van der Waals surface area contributed by atoms with Gasteiger partial charge in [-0.15, -0.1) is 0 Å². The average Bonchev–Trinajstić information content (AvgIpc) is 3.15. The van der Waals surface area contributed by atoms with Crippen LogP contribution >= 0.6 is 11.8 Å². The zero-order chi connectivity index (χ0) is 25.9. The minimum Gasteiger partial charge on any atom is -0.488 e. The van der Waals surface area contributed by atoms with Crippen LogP contribution in [0.15, 0.2) is 83.8 Å². The molecule has 0 unspecified atom stereocenters. The molecule has 4 aromatic rings. The van der Waals surface area contributed by atoms with Gasteiger partial charge in [0.05, 0.1) is 11.0 Å². The van der Waals surface area contributed by atoms with E-state index in [4.69, 9.17) is 9.47 Å². The highest BCUT2D eigenvalue weighted by atomic mass is 32.2. The lowest BCUT2D eigenvalue weighted by Gasteiger charge is -2.14. The number of esters is 1.